The summed E-state index contributed by atoms with van der Waals surface area (Å²) in [6.07, 6.45) is 1.78. The quantitative estimate of drug-likeness (QED) is 0.601. The van der Waals surface area contributed by atoms with E-state index in [1.54, 1.807) is 6.26 Å². The molecule has 0 saturated heterocycles. The van der Waals surface area contributed by atoms with Gasteiger partial charge in [-0.2, -0.15) is 0 Å². The Labute approximate surface area is 92.1 Å². The number of aryl methyl sites for hydroxylation is 1. The highest BCUT2D eigenvalue weighted by atomic mass is 16.3. The van der Waals surface area contributed by atoms with E-state index in [0.717, 1.165) is 5.58 Å². The molecule has 1 nitrogen and oxygen atoms in total. The summed E-state index contributed by atoms with van der Waals surface area (Å²) in [6.45, 7) is 10.8. The van der Waals surface area contributed by atoms with Crippen LogP contribution in [-0.2, 0) is 0 Å². The van der Waals surface area contributed by atoms with Gasteiger partial charge in [-0.15, -0.1) is 0 Å². The van der Waals surface area contributed by atoms with E-state index in [2.05, 4.69) is 33.8 Å². The molecule has 1 heteroatoms. The van der Waals surface area contributed by atoms with Crippen LogP contribution in [-0.4, -0.2) is 0 Å². The maximum absolute atomic E-state index is 5.25. The summed E-state index contributed by atoms with van der Waals surface area (Å²) in [5.74, 6) is 0. The minimum Gasteiger partial charge on any atom is -0.464 e. The molecule has 0 fully saturated rings. The molecule has 1 aromatic heterocycles. The van der Waals surface area contributed by atoms with Crippen molar-refractivity contribution >= 4 is 11.0 Å². The van der Waals surface area contributed by atoms with E-state index in [1.807, 2.05) is 25.1 Å². The molecule has 2 rings (SSSR count). The van der Waals surface area contributed by atoms with Crippen LogP contribution in [0.5, 0.6) is 0 Å². The Balaban J connectivity index is 0.000000195. The second kappa shape index (κ2) is 4.52. The second-order valence-corrected chi connectivity index (χ2v) is 5.41. The first kappa shape index (κ1) is 11.8. The lowest BCUT2D eigenvalue weighted by Crippen LogP contribution is -1.93. The molecule has 0 atom stereocenters. The van der Waals surface area contributed by atoms with E-state index >= 15 is 0 Å². The van der Waals surface area contributed by atoms with E-state index in [1.165, 1.54) is 10.9 Å². The zero-order valence-electron chi connectivity index (χ0n) is 10.3. The third kappa shape index (κ3) is 4.20. The van der Waals surface area contributed by atoms with Gasteiger partial charge in [0.25, 0.3) is 0 Å². The van der Waals surface area contributed by atoms with Gasteiger partial charge in [0.05, 0.1) is 6.26 Å². The van der Waals surface area contributed by atoms with Crippen molar-refractivity contribution in [3.8, 4) is 0 Å². The van der Waals surface area contributed by atoms with Gasteiger partial charge in [0.1, 0.15) is 5.58 Å². The third-order valence-electron chi connectivity index (χ3n) is 1.67. The highest BCUT2D eigenvalue weighted by Crippen LogP contribution is 2.18. The summed E-state index contributed by atoms with van der Waals surface area (Å²) in [5.41, 5.74) is 2.68. The molecule has 1 heterocycles. The van der Waals surface area contributed by atoms with Gasteiger partial charge in [-0.25, -0.2) is 0 Å². The van der Waals surface area contributed by atoms with Gasteiger partial charge in [0.15, 0.2) is 0 Å². The predicted octanol–water partition coefficient (Wildman–Crippen LogP) is 4.79. The van der Waals surface area contributed by atoms with Crippen molar-refractivity contribution in [2.45, 2.75) is 34.6 Å². The van der Waals surface area contributed by atoms with Crippen molar-refractivity contribution in [3.63, 3.8) is 0 Å². The molecule has 0 saturated carbocycles. The van der Waals surface area contributed by atoms with Crippen molar-refractivity contribution in [3.05, 3.63) is 36.1 Å². The number of hydrogen-bond acceptors (Lipinski definition) is 1. The van der Waals surface area contributed by atoms with Crippen LogP contribution in [0.2, 0.25) is 0 Å². The Morgan fingerprint density at radius 2 is 1.53 bits per heavy atom. The van der Waals surface area contributed by atoms with Crippen molar-refractivity contribution < 1.29 is 4.42 Å². The molecule has 0 amide bonds. The highest BCUT2D eigenvalue weighted by molar-refractivity contribution is 5.80. The zero-order valence-corrected chi connectivity index (χ0v) is 10.3. The number of hydrogen-bond donors (Lipinski definition) is 0. The molecule has 0 unspecified atom stereocenters. The maximum atomic E-state index is 5.25. The Bertz CT molecular complexity index is 412. The molecule has 2 aromatic rings. The molecule has 0 aliphatic rings. The molecular weight excluding hydrogens is 184 g/mol. The van der Waals surface area contributed by atoms with Gasteiger partial charge in [-0.1, -0.05) is 45.9 Å². The first-order valence-electron chi connectivity index (χ1n) is 5.31. The van der Waals surface area contributed by atoms with E-state index in [-0.39, 0.29) is 0 Å². The van der Waals surface area contributed by atoms with Crippen molar-refractivity contribution in [2.75, 3.05) is 0 Å². The average molecular weight is 204 g/mol. The van der Waals surface area contributed by atoms with Gasteiger partial charge in [-0.05, 0) is 24.0 Å². The molecule has 15 heavy (non-hydrogen) atoms. The van der Waals surface area contributed by atoms with E-state index in [0.29, 0.717) is 5.41 Å². The van der Waals surface area contributed by atoms with Crippen LogP contribution >= 0.6 is 0 Å². The number of benzene rings is 1. The topological polar surface area (TPSA) is 13.1 Å². The number of rotatable bonds is 0. The van der Waals surface area contributed by atoms with Crippen LogP contribution in [0.25, 0.3) is 11.0 Å². The van der Waals surface area contributed by atoms with Crippen LogP contribution in [0.15, 0.2) is 34.9 Å². The van der Waals surface area contributed by atoms with Crippen LogP contribution in [0.1, 0.15) is 33.3 Å². The van der Waals surface area contributed by atoms with Gasteiger partial charge >= 0.3 is 0 Å². The van der Waals surface area contributed by atoms with Gasteiger partial charge in [-0.3, -0.25) is 0 Å². The molecule has 0 bridgehead atoms. The lowest BCUT2D eigenvalue weighted by Gasteiger charge is -2.05. The molecule has 0 spiro atoms. The highest BCUT2D eigenvalue weighted by Gasteiger charge is 1.97. The van der Waals surface area contributed by atoms with Crippen molar-refractivity contribution in [1.82, 2.24) is 0 Å². The molecule has 0 radical (unpaired) electrons. The monoisotopic (exact) mass is 204 g/mol. The summed E-state index contributed by atoms with van der Waals surface area (Å²) in [6, 6.07) is 8.03. The third-order valence-corrected chi connectivity index (χ3v) is 1.67. The zero-order chi connectivity index (χ0) is 11.5. The maximum Gasteiger partial charge on any atom is 0.134 e. The van der Waals surface area contributed by atoms with Gasteiger partial charge < -0.3 is 4.42 Å². The SMILES string of the molecule is CC(C)(C)C.Cc1coc2ccccc12. The number of fused-ring (bicyclic) bond motifs is 1. The minimum absolute atomic E-state index is 0.500. The second-order valence-electron chi connectivity index (χ2n) is 5.41. The van der Waals surface area contributed by atoms with Gasteiger partial charge in [0, 0.05) is 5.39 Å². The van der Waals surface area contributed by atoms with Crippen LogP contribution in [0, 0.1) is 12.3 Å². The summed E-state index contributed by atoms with van der Waals surface area (Å²) in [5, 5.41) is 1.21. The molecular formula is C14H20O. The summed E-state index contributed by atoms with van der Waals surface area (Å²) >= 11 is 0. The van der Waals surface area contributed by atoms with Crippen molar-refractivity contribution in [1.29, 1.82) is 0 Å². The summed E-state index contributed by atoms with van der Waals surface area (Å²) < 4.78 is 5.25. The number of para-hydroxylation sites is 1. The van der Waals surface area contributed by atoms with Crippen LogP contribution in [0.3, 0.4) is 0 Å². The van der Waals surface area contributed by atoms with Crippen LogP contribution in [0.4, 0.5) is 0 Å². The molecule has 1 aromatic carbocycles. The Morgan fingerprint density at radius 1 is 1.00 bits per heavy atom. The Kier molecular flexibility index (Phi) is 3.57. The van der Waals surface area contributed by atoms with Gasteiger partial charge in [0.2, 0.25) is 0 Å². The number of furan rings is 1. The smallest absolute Gasteiger partial charge is 0.134 e. The Morgan fingerprint density at radius 3 is 2.07 bits per heavy atom. The summed E-state index contributed by atoms with van der Waals surface area (Å²) in [7, 11) is 0. The first-order valence-corrected chi connectivity index (χ1v) is 5.31. The lowest BCUT2D eigenvalue weighted by atomic mass is 10.0. The lowest BCUT2D eigenvalue weighted by molar-refractivity contribution is 0.469. The van der Waals surface area contributed by atoms with Crippen LogP contribution < -0.4 is 0 Å². The Hall–Kier alpha value is -1.24. The fourth-order valence-electron chi connectivity index (χ4n) is 1.11. The molecule has 0 aliphatic heterocycles. The van der Waals surface area contributed by atoms with E-state index < -0.39 is 0 Å². The normalized spacial score (nSPS) is 11.0. The average Bonchev–Trinajstić information content (AvgIpc) is 2.46. The molecule has 82 valence electrons. The summed E-state index contributed by atoms with van der Waals surface area (Å²) in [4.78, 5) is 0. The van der Waals surface area contributed by atoms with E-state index in [4.69, 9.17) is 4.42 Å². The fourth-order valence-corrected chi connectivity index (χ4v) is 1.11. The molecule has 0 N–H and O–H groups in total. The standard InChI is InChI=1S/C9H8O.C5H12/c1-7-6-10-9-5-3-2-4-8(7)9;1-5(2,3)4/h2-6H,1H3;1-4H3. The van der Waals surface area contributed by atoms with Crippen molar-refractivity contribution in [2.24, 2.45) is 5.41 Å². The largest absolute Gasteiger partial charge is 0.464 e. The molecule has 0 aliphatic carbocycles. The fraction of sp³-hybridized carbons (Fsp3) is 0.429. The van der Waals surface area contributed by atoms with E-state index in [9.17, 15) is 0 Å². The minimum atomic E-state index is 0.500. The first-order chi connectivity index (χ1) is 6.88. The predicted molar refractivity (Wildman–Crippen MR) is 66.1 cm³/mol.